The standard InChI is InChI=1S/C25H25FN4O2S2/c1-15(23(31)28-25-29-27-14-33-25)22(18-5-4-6-19(26)13-18)21-12-11-20(34-21)16-7-9-17(10-8-16)24(32)30(2)3/h4-12,14-15,18,22H,13H2,1-3H3,(H,28,29,31)/t15-,18?,22+/m0/s1. The van der Waals surface area contributed by atoms with Crippen LogP contribution in [0.3, 0.4) is 0 Å². The molecule has 2 aromatic heterocycles. The Labute approximate surface area is 205 Å². The van der Waals surface area contributed by atoms with Gasteiger partial charge in [-0.15, -0.1) is 21.5 Å². The van der Waals surface area contributed by atoms with Crippen LogP contribution >= 0.6 is 22.7 Å². The highest BCUT2D eigenvalue weighted by Gasteiger charge is 2.34. The zero-order valence-electron chi connectivity index (χ0n) is 19.1. The van der Waals surface area contributed by atoms with E-state index in [0.717, 1.165) is 15.3 Å². The van der Waals surface area contributed by atoms with Gasteiger partial charge in [-0.25, -0.2) is 4.39 Å². The van der Waals surface area contributed by atoms with Gasteiger partial charge in [-0.3, -0.25) is 9.59 Å². The number of thiophene rings is 1. The molecule has 9 heteroatoms. The third-order valence-corrected chi connectivity index (χ3v) is 7.69. The maximum Gasteiger partial charge on any atom is 0.253 e. The number of benzene rings is 1. The second kappa shape index (κ2) is 10.4. The third-order valence-electron chi connectivity index (χ3n) is 5.85. The number of halogens is 1. The summed E-state index contributed by atoms with van der Waals surface area (Å²) in [5.74, 6) is -1.19. The molecular formula is C25H25FN4O2S2. The van der Waals surface area contributed by atoms with Gasteiger partial charge in [0.2, 0.25) is 11.0 Å². The molecule has 1 N–H and O–H groups in total. The maximum absolute atomic E-state index is 14.2. The number of aromatic nitrogens is 2. The zero-order chi connectivity index (χ0) is 24.2. The highest BCUT2D eigenvalue weighted by molar-refractivity contribution is 7.15. The number of allylic oxidation sites excluding steroid dienone is 4. The van der Waals surface area contributed by atoms with E-state index in [9.17, 15) is 14.0 Å². The van der Waals surface area contributed by atoms with Crippen LogP contribution in [0.15, 0.2) is 66.0 Å². The summed E-state index contributed by atoms with van der Waals surface area (Å²) in [5, 5.41) is 10.9. The zero-order valence-corrected chi connectivity index (χ0v) is 20.7. The van der Waals surface area contributed by atoms with Crippen molar-refractivity contribution in [2.75, 3.05) is 19.4 Å². The monoisotopic (exact) mass is 496 g/mol. The van der Waals surface area contributed by atoms with Gasteiger partial charge in [-0.2, -0.15) is 0 Å². The number of hydrogen-bond donors (Lipinski definition) is 1. The molecule has 34 heavy (non-hydrogen) atoms. The minimum atomic E-state index is -0.420. The van der Waals surface area contributed by atoms with Crippen LogP contribution in [0.25, 0.3) is 10.4 Å². The summed E-state index contributed by atoms with van der Waals surface area (Å²) in [4.78, 5) is 28.8. The van der Waals surface area contributed by atoms with Gasteiger partial charge in [-0.1, -0.05) is 42.5 Å². The molecular weight excluding hydrogens is 471 g/mol. The lowest BCUT2D eigenvalue weighted by atomic mass is 9.77. The van der Waals surface area contributed by atoms with Crippen LogP contribution in [0, 0.1) is 11.8 Å². The van der Waals surface area contributed by atoms with E-state index >= 15 is 0 Å². The van der Waals surface area contributed by atoms with Crippen molar-refractivity contribution in [1.29, 1.82) is 0 Å². The van der Waals surface area contributed by atoms with Crippen molar-refractivity contribution >= 4 is 39.6 Å². The van der Waals surface area contributed by atoms with Crippen LogP contribution in [-0.4, -0.2) is 41.0 Å². The molecule has 1 unspecified atom stereocenters. The fourth-order valence-corrected chi connectivity index (χ4v) is 5.81. The van der Waals surface area contributed by atoms with Gasteiger partial charge in [-0.05, 0) is 41.8 Å². The Kier molecular flexibility index (Phi) is 7.33. The quantitative estimate of drug-likeness (QED) is 0.452. The predicted octanol–water partition coefficient (Wildman–Crippen LogP) is 5.76. The molecule has 0 saturated carbocycles. The smallest absolute Gasteiger partial charge is 0.253 e. The van der Waals surface area contributed by atoms with Crippen molar-refractivity contribution in [1.82, 2.24) is 15.1 Å². The van der Waals surface area contributed by atoms with Gasteiger partial charge in [0.25, 0.3) is 5.91 Å². The number of nitrogens with one attached hydrogen (secondary N) is 1. The molecule has 0 radical (unpaired) electrons. The van der Waals surface area contributed by atoms with Crippen LogP contribution < -0.4 is 5.32 Å². The van der Waals surface area contributed by atoms with Crippen molar-refractivity contribution in [3.63, 3.8) is 0 Å². The molecule has 0 bridgehead atoms. The Morgan fingerprint density at radius 1 is 1.18 bits per heavy atom. The van der Waals surface area contributed by atoms with Crippen molar-refractivity contribution in [2.45, 2.75) is 19.3 Å². The van der Waals surface area contributed by atoms with Crippen molar-refractivity contribution < 1.29 is 14.0 Å². The molecule has 2 amide bonds. The van der Waals surface area contributed by atoms with Gasteiger partial charge in [0.15, 0.2) is 0 Å². The first-order valence-electron chi connectivity index (χ1n) is 10.8. The summed E-state index contributed by atoms with van der Waals surface area (Å²) in [5.41, 5.74) is 3.17. The minimum Gasteiger partial charge on any atom is -0.345 e. The van der Waals surface area contributed by atoms with Crippen molar-refractivity contribution in [3.05, 3.63) is 76.4 Å². The molecule has 3 aromatic rings. The molecule has 0 saturated heterocycles. The first-order chi connectivity index (χ1) is 16.3. The van der Waals surface area contributed by atoms with Gasteiger partial charge in [0.1, 0.15) is 11.3 Å². The minimum absolute atomic E-state index is 0.0482. The molecule has 0 fully saturated rings. The van der Waals surface area contributed by atoms with E-state index in [-0.39, 0.29) is 35.9 Å². The van der Waals surface area contributed by atoms with Gasteiger partial charge < -0.3 is 10.2 Å². The van der Waals surface area contributed by atoms with Crippen LogP contribution in [0.1, 0.15) is 34.5 Å². The van der Waals surface area contributed by atoms with E-state index < -0.39 is 5.92 Å². The Hall–Kier alpha value is -3.17. The molecule has 176 valence electrons. The Morgan fingerprint density at radius 2 is 1.94 bits per heavy atom. The number of amides is 2. The van der Waals surface area contributed by atoms with Crippen LogP contribution in [-0.2, 0) is 4.79 Å². The summed E-state index contributed by atoms with van der Waals surface area (Å²) >= 11 is 2.84. The molecule has 0 aliphatic heterocycles. The molecule has 6 nitrogen and oxygen atoms in total. The second-order valence-electron chi connectivity index (χ2n) is 8.39. The Bertz CT molecular complexity index is 1220. The van der Waals surface area contributed by atoms with Gasteiger partial charge in [0, 0.05) is 47.7 Å². The fourth-order valence-electron chi connectivity index (χ4n) is 4.07. The topological polar surface area (TPSA) is 75.2 Å². The first kappa shape index (κ1) is 24.0. The molecule has 0 spiro atoms. The third kappa shape index (κ3) is 5.31. The number of carbonyl (C=O) groups excluding carboxylic acids is 2. The van der Waals surface area contributed by atoms with E-state index in [4.69, 9.17) is 0 Å². The van der Waals surface area contributed by atoms with E-state index in [1.807, 2.05) is 49.4 Å². The van der Waals surface area contributed by atoms with Gasteiger partial charge >= 0.3 is 0 Å². The van der Waals surface area contributed by atoms with Gasteiger partial charge in [0.05, 0.1) is 0 Å². The van der Waals surface area contributed by atoms with E-state index in [2.05, 4.69) is 15.5 Å². The SMILES string of the molecule is C[C@H](C(=O)Nc1nncs1)[C@@H](c1ccc(-c2ccc(C(=O)N(C)C)cc2)s1)C1C=CC=C(F)C1. The molecule has 3 atom stereocenters. The molecule has 1 aromatic carbocycles. The average molecular weight is 497 g/mol. The normalized spacial score (nSPS) is 17.1. The number of carbonyl (C=O) groups is 2. The number of rotatable bonds is 7. The lowest BCUT2D eigenvalue weighted by Gasteiger charge is -2.29. The highest BCUT2D eigenvalue weighted by Crippen LogP contribution is 2.43. The first-order valence-corrected chi connectivity index (χ1v) is 12.5. The lowest BCUT2D eigenvalue weighted by Crippen LogP contribution is -2.29. The van der Waals surface area contributed by atoms with Crippen LogP contribution in [0.2, 0.25) is 0 Å². The summed E-state index contributed by atoms with van der Waals surface area (Å²) in [6, 6.07) is 11.5. The van der Waals surface area contributed by atoms with Crippen molar-refractivity contribution in [2.24, 2.45) is 11.8 Å². The summed E-state index contributed by atoms with van der Waals surface area (Å²) in [6.45, 7) is 1.87. The molecule has 1 aliphatic rings. The predicted molar refractivity (Wildman–Crippen MR) is 135 cm³/mol. The molecule has 4 rings (SSSR count). The van der Waals surface area contributed by atoms with E-state index in [1.165, 1.54) is 17.4 Å². The number of nitrogens with zero attached hydrogens (tertiary/aromatic N) is 3. The fraction of sp³-hybridized carbons (Fsp3) is 0.280. The van der Waals surface area contributed by atoms with E-state index in [0.29, 0.717) is 10.7 Å². The molecule has 1 aliphatic carbocycles. The average Bonchev–Trinajstić information content (AvgIpc) is 3.51. The largest absolute Gasteiger partial charge is 0.345 e. The second-order valence-corrected chi connectivity index (χ2v) is 10.3. The highest BCUT2D eigenvalue weighted by atomic mass is 32.1. The lowest BCUT2D eigenvalue weighted by molar-refractivity contribution is -0.120. The van der Waals surface area contributed by atoms with Crippen molar-refractivity contribution in [3.8, 4) is 10.4 Å². The van der Waals surface area contributed by atoms with Crippen LogP contribution in [0.5, 0.6) is 0 Å². The summed E-state index contributed by atoms with van der Waals surface area (Å²) in [6.07, 6.45) is 5.42. The summed E-state index contributed by atoms with van der Waals surface area (Å²) in [7, 11) is 3.45. The molecule has 2 heterocycles. The van der Waals surface area contributed by atoms with Crippen LogP contribution in [0.4, 0.5) is 9.52 Å². The number of hydrogen-bond acceptors (Lipinski definition) is 6. The van der Waals surface area contributed by atoms with E-state index in [1.54, 1.807) is 41.9 Å². The number of anilines is 1. The summed E-state index contributed by atoms with van der Waals surface area (Å²) < 4.78 is 14.2. The Morgan fingerprint density at radius 3 is 2.59 bits per heavy atom. The maximum atomic E-state index is 14.2. The Balaban J connectivity index is 1.61.